The molecule has 0 spiro atoms. The first-order valence-electron chi connectivity index (χ1n) is 8.62. The van der Waals surface area contributed by atoms with Gasteiger partial charge in [-0.25, -0.2) is 18.7 Å². The minimum Gasteiger partial charge on any atom is -0.381 e. The maximum Gasteiger partial charge on any atom is 0.220 e. The number of ether oxygens (including phenoxy) is 1. The summed E-state index contributed by atoms with van der Waals surface area (Å²) in [6.07, 6.45) is 3.35. The normalized spacial score (nSPS) is 15.2. The predicted octanol–water partition coefficient (Wildman–Crippen LogP) is 4.40. The van der Waals surface area contributed by atoms with E-state index in [1.165, 1.54) is 24.1 Å². The minimum absolute atomic E-state index is 0.0775. The van der Waals surface area contributed by atoms with Gasteiger partial charge in [-0.2, -0.15) is 0 Å². The Bertz CT molecular complexity index is 979. The van der Waals surface area contributed by atoms with Crippen molar-refractivity contribution >= 4 is 34.5 Å². The van der Waals surface area contributed by atoms with Crippen LogP contribution in [0, 0.1) is 11.6 Å². The zero-order valence-electron chi connectivity index (χ0n) is 14.4. The van der Waals surface area contributed by atoms with Crippen molar-refractivity contribution in [3.63, 3.8) is 0 Å². The molecule has 0 aliphatic carbocycles. The van der Waals surface area contributed by atoms with Crippen molar-refractivity contribution in [2.45, 2.75) is 18.1 Å². The fourth-order valence-corrected chi connectivity index (χ4v) is 3.92. The van der Waals surface area contributed by atoms with Gasteiger partial charge in [-0.1, -0.05) is 6.07 Å². The smallest absolute Gasteiger partial charge is 0.220 e. The van der Waals surface area contributed by atoms with Gasteiger partial charge < -0.3 is 15.2 Å². The van der Waals surface area contributed by atoms with Gasteiger partial charge in [0.1, 0.15) is 5.82 Å². The average Bonchev–Trinajstić information content (AvgIpc) is 2.68. The summed E-state index contributed by atoms with van der Waals surface area (Å²) in [7, 11) is 0. The first-order valence-corrected chi connectivity index (χ1v) is 9.50. The Hall–Kier alpha value is -2.45. The summed E-state index contributed by atoms with van der Waals surface area (Å²) >= 11 is 1.45. The largest absolute Gasteiger partial charge is 0.381 e. The van der Waals surface area contributed by atoms with Gasteiger partial charge >= 0.3 is 0 Å². The van der Waals surface area contributed by atoms with E-state index in [-0.39, 0.29) is 17.2 Å². The number of nitrogens with one attached hydrogen (secondary N) is 1. The van der Waals surface area contributed by atoms with Crippen molar-refractivity contribution in [2.24, 2.45) is 0 Å². The van der Waals surface area contributed by atoms with Gasteiger partial charge in [-0.3, -0.25) is 0 Å². The summed E-state index contributed by atoms with van der Waals surface area (Å²) in [5.74, 6) is -1.08. The topological polar surface area (TPSA) is 73.1 Å². The Balaban J connectivity index is 1.64. The van der Waals surface area contributed by atoms with E-state index >= 15 is 4.39 Å². The molecule has 0 atom stereocenters. The van der Waals surface area contributed by atoms with E-state index in [4.69, 9.17) is 10.5 Å². The van der Waals surface area contributed by atoms with Crippen LogP contribution in [0.2, 0.25) is 0 Å². The number of nitrogen functional groups attached to an aromatic ring is 1. The number of hydrogen-bond acceptors (Lipinski definition) is 6. The highest BCUT2D eigenvalue weighted by molar-refractivity contribution is 8.01. The number of benzene rings is 2. The molecule has 0 saturated carbocycles. The zero-order valence-corrected chi connectivity index (χ0v) is 15.2. The first-order chi connectivity index (χ1) is 13.1. The van der Waals surface area contributed by atoms with Crippen molar-refractivity contribution in [3.8, 4) is 11.1 Å². The lowest BCUT2D eigenvalue weighted by Gasteiger charge is -2.22. The van der Waals surface area contributed by atoms with Gasteiger partial charge in [0.15, 0.2) is 5.82 Å². The third kappa shape index (κ3) is 3.81. The van der Waals surface area contributed by atoms with Crippen LogP contribution in [0.3, 0.4) is 0 Å². The fraction of sp³-hybridized carbons (Fsp3) is 0.263. The number of halogens is 2. The summed E-state index contributed by atoms with van der Waals surface area (Å²) in [6.45, 7) is 1.42. The molecule has 1 fully saturated rings. The van der Waals surface area contributed by atoms with E-state index in [0.717, 1.165) is 12.8 Å². The van der Waals surface area contributed by atoms with Gasteiger partial charge in [-0.05, 0) is 54.6 Å². The highest BCUT2D eigenvalue weighted by Crippen LogP contribution is 2.34. The summed E-state index contributed by atoms with van der Waals surface area (Å²) in [4.78, 5) is 8.05. The average molecular weight is 388 g/mol. The number of nitrogens with zero attached hydrogens (tertiary/aromatic N) is 2. The number of aromatic nitrogens is 2. The standard InChI is InChI=1S/C19H18F2N4OS/c20-14-2-4-16(25-27-13-5-7-26-8-6-13)18(21)17(14)11-1-3-15-12(9-11)10-23-19(22)24-15/h1-4,9-10,13,25H,5-8H2,(H2,22,23,24). The number of anilines is 2. The van der Waals surface area contributed by atoms with Crippen LogP contribution in [0.5, 0.6) is 0 Å². The van der Waals surface area contributed by atoms with E-state index in [2.05, 4.69) is 14.7 Å². The highest BCUT2D eigenvalue weighted by Gasteiger charge is 2.19. The van der Waals surface area contributed by atoms with Crippen LogP contribution >= 0.6 is 11.9 Å². The zero-order chi connectivity index (χ0) is 18.8. The van der Waals surface area contributed by atoms with E-state index < -0.39 is 11.6 Å². The second-order valence-electron chi connectivity index (χ2n) is 6.32. The summed E-state index contributed by atoms with van der Waals surface area (Å²) in [5.41, 5.74) is 6.80. The van der Waals surface area contributed by atoms with Crippen molar-refractivity contribution in [2.75, 3.05) is 23.7 Å². The molecule has 0 unspecified atom stereocenters. The SMILES string of the molecule is Nc1ncc2cc(-c3c(F)ccc(NSC4CCOCC4)c3F)ccc2n1. The number of nitrogens with two attached hydrogens (primary N) is 1. The fourth-order valence-electron chi connectivity index (χ4n) is 3.04. The molecule has 3 N–H and O–H groups in total. The molecule has 140 valence electrons. The van der Waals surface area contributed by atoms with E-state index in [9.17, 15) is 4.39 Å². The van der Waals surface area contributed by atoms with Crippen LogP contribution in [0.1, 0.15) is 12.8 Å². The molecule has 1 aliphatic heterocycles. The maximum atomic E-state index is 15.0. The summed E-state index contributed by atoms with van der Waals surface area (Å²) < 4.78 is 37.8. The molecule has 27 heavy (non-hydrogen) atoms. The lowest BCUT2D eigenvalue weighted by molar-refractivity contribution is 0.100. The third-order valence-electron chi connectivity index (χ3n) is 4.48. The monoisotopic (exact) mass is 388 g/mol. The van der Waals surface area contributed by atoms with Crippen molar-refractivity contribution in [1.29, 1.82) is 0 Å². The quantitative estimate of drug-likeness (QED) is 0.646. The van der Waals surface area contributed by atoms with Crippen LogP contribution in [0.15, 0.2) is 36.5 Å². The summed E-state index contributed by atoms with van der Waals surface area (Å²) in [6, 6.07) is 7.66. The molecular formula is C19H18F2N4OS. The molecule has 1 aromatic heterocycles. The lowest BCUT2D eigenvalue weighted by atomic mass is 10.0. The van der Waals surface area contributed by atoms with E-state index in [1.54, 1.807) is 24.4 Å². The molecule has 5 nitrogen and oxygen atoms in total. The van der Waals surface area contributed by atoms with Crippen molar-refractivity contribution in [1.82, 2.24) is 9.97 Å². The molecule has 1 saturated heterocycles. The van der Waals surface area contributed by atoms with Gasteiger partial charge in [0.25, 0.3) is 0 Å². The Kier molecular flexibility index (Phi) is 5.09. The number of fused-ring (bicyclic) bond motifs is 1. The molecule has 0 bridgehead atoms. The molecule has 4 rings (SSSR count). The van der Waals surface area contributed by atoms with Crippen LogP contribution < -0.4 is 10.5 Å². The van der Waals surface area contributed by atoms with Gasteiger partial charge in [0.05, 0.1) is 16.8 Å². The second-order valence-corrected chi connectivity index (χ2v) is 7.42. The van der Waals surface area contributed by atoms with Crippen LogP contribution in [0.4, 0.5) is 20.4 Å². The third-order valence-corrected chi connectivity index (χ3v) is 5.62. The Morgan fingerprint density at radius 2 is 1.96 bits per heavy atom. The molecule has 8 heteroatoms. The first kappa shape index (κ1) is 17.9. The molecule has 2 aromatic carbocycles. The molecule has 0 radical (unpaired) electrons. The van der Waals surface area contributed by atoms with Crippen LogP contribution in [-0.4, -0.2) is 28.4 Å². The second kappa shape index (κ2) is 7.66. The Labute approximate surface area is 159 Å². The molecule has 3 aromatic rings. The van der Waals surface area contributed by atoms with Crippen molar-refractivity contribution < 1.29 is 13.5 Å². The molecule has 0 amide bonds. The van der Waals surface area contributed by atoms with E-state index in [0.29, 0.717) is 34.9 Å². The van der Waals surface area contributed by atoms with Gasteiger partial charge in [-0.15, -0.1) is 0 Å². The van der Waals surface area contributed by atoms with Crippen molar-refractivity contribution in [3.05, 3.63) is 48.2 Å². The van der Waals surface area contributed by atoms with Gasteiger partial charge in [0, 0.05) is 30.0 Å². The molecule has 1 aliphatic rings. The molecular weight excluding hydrogens is 370 g/mol. The number of rotatable bonds is 4. The minimum atomic E-state index is -0.621. The Morgan fingerprint density at radius 3 is 2.78 bits per heavy atom. The number of hydrogen-bond donors (Lipinski definition) is 2. The Morgan fingerprint density at radius 1 is 1.15 bits per heavy atom. The highest BCUT2D eigenvalue weighted by atomic mass is 32.2. The molecule has 2 heterocycles. The lowest BCUT2D eigenvalue weighted by Crippen LogP contribution is -2.19. The van der Waals surface area contributed by atoms with E-state index in [1.807, 2.05) is 0 Å². The van der Waals surface area contributed by atoms with Crippen LogP contribution in [-0.2, 0) is 4.74 Å². The van der Waals surface area contributed by atoms with Crippen LogP contribution in [0.25, 0.3) is 22.0 Å². The van der Waals surface area contributed by atoms with Gasteiger partial charge in [0.2, 0.25) is 5.95 Å². The predicted molar refractivity (Wildman–Crippen MR) is 104 cm³/mol. The maximum absolute atomic E-state index is 15.0. The summed E-state index contributed by atoms with van der Waals surface area (Å²) in [5, 5.41) is 1.00.